The average Bonchev–Trinajstić information content (AvgIpc) is 2.38. The number of morpholine rings is 1. The fraction of sp³-hybridized carbons (Fsp3) is 1.00. The Morgan fingerprint density at radius 2 is 1.81 bits per heavy atom. The van der Waals surface area contributed by atoms with Crippen molar-refractivity contribution in [2.45, 2.75) is 45.7 Å². The Kier molecular flexibility index (Phi) is 8.73. The van der Waals surface area contributed by atoms with Crippen molar-refractivity contribution < 1.29 is 13.2 Å². The van der Waals surface area contributed by atoms with Crippen LogP contribution in [-0.4, -0.2) is 70.5 Å². The fourth-order valence-corrected chi connectivity index (χ4v) is 3.77. The summed E-state index contributed by atoms with van der Waals surface area (Å²) in [6.45, 7) is 11.0. The van der Waals surface area contributed by atoms with Crippen molar-refractivity contribution in [3.8, 4) is 0 Å². The van der Waals surface area contributed by atoms with Gasteiger partial charge in [0.05, 0.1) is 19.0 Å². The van der Waals surface area contributed by atoms with Gasteiger partial charge in [-0.2, -0.15) is 0 Å². The molecule has 2 N–H and O–H groups in total. The van der Waals surface area contributed by atoms with Crippen LogP contribution in [0.4, 0.5) is 0 Å². The fourth-order valence-electron chi connectivity index (χ4n) is 2.38. The summed E-state index contributed by atoms with van der Waals surface area (Å²) in [5.74, 6) is 0.209. The van der Waals surface area contributed by atoms with Crippen LogP contribution >= 0.6 is 0 Å². The second kappa shape index (κ2) is 9.74. The van der Waals surface area contributed by atoms with Gasteiger partial charge in [-0.05, 0) is 26.3 Å². The Morgan fingerprint density at radius 3 is 2.43 bits per heavy atom. The highest BCUT2D eigenvalue weighted by Gasteiger charge is 2.18. The van der Waals surface area contributed by atoms with E-state index in [0.29, 0.717) is 12.5 Å². The molecule has 1 heterocycles. The predicted octanol–water partition coefficient (Wildman–Crippen LogP) is 0.405. The van der Waals surface area contributed by atoms with Gasteiger partial charge in [0.15, 0.2) is 0 Å². The van der Waals surface area contributed by atoms with E-state index in [4.69, 9.17) is 4.74 Å². The molecule has 0 saturated carbocycles. The van der Waals surface area contributed by atoms with Crippen molar-refractivity contribution in [1.82, 2.24) is 14.9 Å². The first-order valence-electron chi connectivity index (χ1n) is 7.92. The summed E-state index contributed by atoms with van der Waals surface area (Å²) in [5, 5.41) is 3.29. The second-order valence-corrected chi connectivity index (χ2v) is 7.94. The topological polar surface area (TPSA) is 70.7 Å². The van der Waals surface area contributed by atoms with Crippen LogP contribution in [0.25, 0.3) is 0 Å². The maximum atomic E-state index is 12.0. The van der Waals surface area contributed by atoms with Gasteiger partial charge < -0.3 is 10.1 Å². The van der Waals surface area contributed by atoms with Crippen LogP contribution in [0.15, 0.2) is 0 Å². The largest absolute Gasteiger partial charge is 0.379 e. The molecule has 0 aromatic rings. The third kappa shape index (κ3) is 9.42. The second-order valence-electron chi connectivity index (χ2n) is 6.07. The number of nitrogens with zero attached hydrogens (tertiary/aromatic N) is 1. The lowest BCUT2D eigenvalue weighted by Crippen LogP contribution is -2.46. The van der Waals surface area contributed by atoms with Gasteiger partial charge >= 0.3 is 0 Å². The van der Waals surface area contributed by atoms with E-state index in [1.807, 2.05) is 6.92 Å². The quantitative estimate of drug-likeness (QED) is 0.570. The van der Waals surface area contributed by atoms with Crippen molar-refractivity contribution in [2.24, 2.45) is 0 Å². The highest BCUT2D eigenvalue weighted by Crippen LogP contribution is 2.01. The summed E-state index contributed by atoms with van der Waals surface area (Å²) in [5.41, 5.74) is 0. The standard InChI is InChI=1S/C14H31N3O3S/c1-13(2)15-6-4-5-11-21(18,19)16-14(3)12-17-7-9-20-10-8-17/h13-16H,4-12H2,1-3H3. The van der Waals surface area contributed by atoms with Crippen LogP contribution in [0.3, 0.4) is 0 Å². The molecular weight excluding hydrogens is 290 g/mol. The summed E-state index contributed by atoms with van der Waals surface area (Å²) in [6.07, 6.45) is 1.58. The molecule has 0 amide bonds. The van der Waals surface area contributed by atoms with Crippen LogP contribution in [0.2, 0.25) is 0 Å². The Hall–Kier alpha value is -0.210. The maximum absolute atomic E-state index is 12.0. The Morgan fingerprint density at radius 1 is 1.14 bits per heavy atom. The molecular formula is C14H31N3O3S. The average molecular weight is 321 g/mol. The third-order valence-electron chi connectivity index (χ3n) is 3.41. The van der Waals surface area contributed by atoms with Gasteiger partial charge in [0, 0.05) is 31.7 Å². The Balaban J connectivity index is 2.18. The number of hydrogen-bond donors (Lipinski definition) is 2. The Bertz CT molecular complexity index is 368. The monoisotopic (exact) mass is 321 g/mol. The summed E-state index contributed by atoms with van der Waals surface area (Å²) in [6, 6.07) is 0.398. The molecule has 1 rings (SSSR count). The van der Waals surface area contributed by atoms with E-state index in [-0.39, 0.29) is 11.8 Å². The lowest BCUT2D eigenvalue weighted by Gasteiger charge is -2.29. The molecule has 6 nitrogen and oxygen atoms in total. The maximum Gasteiger partial charge on any atom is 0.211 e. The lowest BCUT2D eigenvalue weighted by atomic mass is 10.3. The third-order valence-corrected chi connectivity index (χ3v) is 5.00. The molecule has 1 fully saturated rings. The smallest absolute Gasteiger partial charge is 0.211 e. The molecule has 1 atom stereocenters. The van der Waals surface area contributed by atoms with E-state index in [9.17, 15) is 8.42 Å². The molecule has 1 aliphatic heterocycles. The van der Waals surface area contributed by atoms with Crippen LogP contribution in [0, 0.1) is 0 Å². The molecule has 0 bridgehead atoms. The van der Waals surface area contributed by atoms with Gasteiger partial charge in [-0.15, -0.1) is 0 Å². The van der Waals surface area contributed by atoms with Crippen LogP contribution in [0.5, 0.6) is 0 Å². The van der Waals surface area contributed by atoms with Crippen LogP contribution in [0.1, 0.15) is 33.6 Å². The van der Waals surface area contributed by atoms with Gasteiger partial charge in [0.2, 0.25) is 10.0 Å². The first kappa shape index (κ1) is 18.8. The van der Waals surface area contributed by atoms with Gasteiger partial charge in [-0.25, -0.2) is 13.1 Å². The first-order valence-corrected chi connectivity index (χ1v) is 9.58. The molecule has 0 spiro atoms. The van der Waals surface area contributed by atoms with Gasteiger partial charge in [0.25, 0.3) is 0 Å². The normalized spacial score (nSPS) is 19.0. The van der Waals surface area contributed by atoms with E-state index in [1.165, 1.54) is 0 Å². The molecule has 0 aromatic heterocycles. The van der Waals surface area contributed by atoms with Gasteiger partial charge in [-0.3, -0.25) is 4.90 Å². The minimum Gasteiger partial charge on any atom is -0.379 e. The molecule has 0 aliphatic carbocycles. The molecule has 1 unspecified atom stereocenters. The SMILES string of the molecule is CC(C)NCCCCS(=O)(=O)NC(C)CN1CCOCC1. The summed E-state index contributed by atoms with van der Waals surface area (Å²) < 4.78 is 32.1. The number of sulfonamides is 1. The van der Waals surface area contributed by atoms with E-state index in [1.54, 1.807) is 0 Å². The Labute approximate surface area is 129 Å². The van der Waals surface area contributed by atoms with Crippen molar-refractivity contribution in [2.75, 3.05) is 45.1 Å². The molecule has 1 saturated heterocycles. The minimum absolute atomic E-state index is 0.0538. The molecule has 126 valence electrons. The molecule has 7 heteroatoms. The number of nitrogens with one attached hydrogen (secondary N) is 2. The van der Waals surface area contributed by atoms with Crippen molar-refractivity contribution in [3.05, 3.63) is 0 Å². The van der Waals surface area contributed by atoms with Gasteiger partial charge in [0.1, 0.15) is 0 Å². The molecule has 21 heavy (non-hydrogen) atoms. The van der Waals surface area contributed by atoms with Gasteiger partial charge in [-0.1, -0.05) is 13.8 Å². The van der Waals surface area contributed by atoms with Crippen LogP contribution < -0.4 is 10.0 Å². The summed E-state index contributed by atoms with van der Waals surface area (Å²) in [7, 11) is -3.17. The summed E-state index contributed by atoms with van der Waals surface area (Å²) in [4.78, 5) is 2.24. The lowest BCUT2D eigenvalue weighted by molar-refractivity contribution is 0.0354. The van der Waals surface area contributed by atoms with E-state index in [2.05, 4.69) is 28.8 Å². The number of rotatable bonds is 10. The zero-order valence-corrected chi connectivity index (χ0v) is 14.4. The van der Waals surface area contributed by atoms with E-state index < -0.39 is 10.0 Å². The molecule has 0 radical (unpaired) electrons. The zero-order valence-electron chi connectivity index (χ0n) is 13.6. The predicted molar refractivity (Wildman–Crippen MR) is 86.0 cm³/mol. The summed E-state index contributed by atoms with van der Waals surface area (Å²) >= 11 is 0. The first-order chi connectivity index (χ1) is 9.89. The molecule has 1 aliphatic rings. The van der Waals surface area contributed by atoms with E-state index in [0.717, 1.165) is 45.8 Å². The number of hydrogen-bond acceptors (Lipinski definition) is 5. The zero-order chi connectivity index (χ0) is 15.7. The minimum atomic E-state index is -3.17. The van der Waals surface area contributed by atoms with Crippen LogP contribution in [-0.2, 0) is 14.8 Å². The highest BCUT2D eigenvalue weighted by molar-refractivity contribution is 7.89. The highest BCUT2D eigenvalue weighted by atomic mass is 32.2. The molecule has 0 aromatic carbocycles. The van der Waals surface area contributed by atoms with E-state index >= 15 is 0 Å². The van der Waals surface area contributed by atoms with Crippen molar-refractivity contribution in [1.29, 1.82) is 0 Å². The van der Waals surface area contributed by atoms with Crippen molar-refractivity contribution in [3.63, 3.8) is 0 Å². The van der Waals surface area contributed by atoms with Crippen molar-refractivity contribution >= 4 is 10.0 Å². The number of ether oxygens (including phenoxy) is 1. The number of unbranched alkanes of at least 4 members (excludes halogenated alkanes) is 1.